The number of aromatic nitrogens is 2. The number of ketones is 1. The van der Waals surface area contributed by atoms with Crippen molar-refractivity contribution >= 4 is 33.4 Å². The van der Waals surface area contributed by atoms with Crippen molar-refractivity contribution < 1.29 is 14.3 Å². The number of benzene rings is 1. The lowest BCUT2D eigenvalue weighted by atomic mass is 10.1. The molecule has 0 bridgehead atoms. The average molecular weight is 371 g/mol. The second-order valence-corrected chi connectivity index (χ2v) is 5.94. The van der Waals surface area contributed by atoms with E-state index in [2.05, 4.69) is 20.9 Å². The van der Waals surface area contributed by atoms with Gasteiger partial charge in [-0.2, -0.15) is 0 Å². The van der Waals surface area contributed by atoms with Crippen molar-refractivity contribution in [3.05, 3.63) is 64.5 Å². The molecule has 0 atom stereocenters. The van der Waals surface area contributed by atoms with Gasteiger partial charge < -0.3 is 9.47 Å². The minimum atomic E-state index is -0.103. The van der Waals surface area contributed by atoms with E-state index in [9.17, 15) is 4.79 Å². The van der Waals surface area contributed by atoms with E-state index in [1.165, 1.54) is 6.08 Å². The van der Waals surface area contributed by atoms with E-state index < -0.39 is 0 Å². The maximum Gasteiger partial charge on any atom is 0.231 e. The fourth-order valence-electron chi connectivity index (χ4n) is 2.40. The number of hydrogen-bond acceptors (Lipinski definition) is 4. The highest BCUT2D eigenvalue weighted by atomic mass is 79.9. The molecule has 0 saturated heterocycles. The van der Waals surface area contributed by atoms with Crippen LogP contribution in [0.15, 0.2) is 53.3 Å². The molecule has 0 N–H and O–H groups in total. The van der Waals surface area contributed by atoms with E-state index in [1.807, 2.05) is 22.7 Å². The number of fused-ring (bicyclic) bond motifs is 2. The zero-order valence-corrected chi connectivity index (χ0v) is 13.5. The normalized spacial score (nSPS) is 13.1. The number of halogens is 1. The van der Waals surface area contributed by atoms with Gasteiger partial charge in [-0.1, -0.05) is 0 Å². The molecule has 0 amide bonds. The van der Waals surface area contributed by atoms with Gasteiger partial charge in [-0.05, 0) is 58.4 Å². The third kappa shape index (κ3) is 2.61. The molecule has 0 fully saturated rings. The Hall–Kier alpha value is -2.60. The number of ether oxygens (including phenoxy) is 2. The molecule has 1 aromatic carbocycles. The molecule has 2 aromatic heterocycles. The minimum Gasteiger partial charge on any atom is -0.454 e. The summed E-state index contributed by atoms with van der Waals surface area (Å²) in [6.45, 7) is 0.194. The highest BCUT2D eigenvalue weighted by Gasteiger charge is 2.15. The summed E-state index contributed by atoms with van der Waals surface area (Å²) in [6.07, 6.45) is 6.92. The van der Waals surface area contributed by atoms with E-state index in [1.54, 1.807) is 30.5 Å². The molecule has 0 saturated carbocycles. The van der Waals surface area contributed by atoms with Crippen molar-refractivity contribution in [2.75, 3.05) is 6.79 Å². The summed E-state index contributed by atoms with van der Waals surface area (Å²) < 4.78 is 13.4. The summed E-state index contributed by atoms with van der Waals surface area (Å²) in [6, 6.07) is 8.99. The second-order valence-electron chi connectivity index (χ2n) is 5.02. The number of allylic oxidation sites excluding steroid dienone is 1. The Morgan fingerprint density at radius 1 is 1.22 bits per heavy atom. The Morgan fingerprint density at radius 3 is 3.00 bits per heavy atom. The molecule has 0 radical (unpaired) electrons. The van der Waals surface area contributed by atoms with Gasteiger partial charge in [-0.3, -0.25) is 9.20 Å². The predicted molar refractivity (Wildman–Crippen MR) is 88.8 cm³/mol. The van der Waals surface area contributed by atoms with Crippen LogP contribution in [-0.4, -0.2) is 22.0 Å². The van der Waals surface area contributed by atoms with Crippen LogP contribution in [0.2, 0.25) is 0 Å². The van der Waals surface area contributed by atoms with Gasteiger partial charge in [-0.25, -0.2) is 4.98 Å². The number of pyridine rings is 1. The molecule has 0 spiro atoms. The van der Waals surface area contributed by atoms with Crippen molar-refractivity contribution in [2.24, 2.45) is 0 Å². The van der Waals surface area contributed by atoms with Crippen LogP contribution in [-0.2, 0) is 0 Å². The maximum atomic E-state index is 12.3. The first-order valence-electron chi connectivity index (χ1n) is 6.95. The molecule has 23 heavy (non-hydrogen) atoms. The van der Waals surface area contributed by atoms with Crippen molar-refractivity contribution in [3.63, 3.8) is 0 Å². The van der Waals surface area contributed by atoms with Crippen LogP contribution in [0.5, 0.6) is 11.5 Å². The molecule has 5 nitrogen and oxygen atoms in total. The fraction of sp³-hybridized carbons (Fsp3) is 0.0588. The van der Waals surface area contributed by atoms with Gasteiger partial charge >= 0.3 is 0 Å². The first kappa shape index (κ1) is 14.0. The molecular weight excluding hydrogens is 360 g/mol. The lowest BCUT2D eigenvalue weighted by Crippen LogP contribution is -1.95. The van der Waals surface area contributed by atoms with Gasteiger partial charge in [0.1, 0.15) is 5.65 Å². The van der Waals surface area contributed by atoms with Crippen LogP contribution in [0.3, 0.4) is 0 Å². The molecule has 6 heteroatoms. The van der Waals surface area contributed by atoms with Gasteiger partial charge in [0, 0.05) is 16.2 Å². The van der Waals surface area contributed by atoms with E-state index in [-0.39, 0.29) is 12.6 Å². The first-order valence-corrected chi connectivity index (χ1v) is 7.75. The fourth-order valence-corrected chi connectivity index (χ4v) is 2.74. The first-order chi connectivity index (χ1) is 11.2. The summed E-state index contributed by atoms with van der Waals surface area (Å²) in [5.41, 5.74) is 2.21. The standard InChI is InChI=1S/C17H11BrN2O3/c18-12-2-6-17-19-8-13(20(17)9-12)3-4-14(21)11-1-5-15-16(7-11)23-10-22-15/h1-9H,10H2. The number of rotatable bonds is 3. The highest BCUT2D eigenvalue weighted by Crippen LogP contribution is 2.32. The summed E-state index contributed by atoms with van der Waals surface area (Å²) in [5, 5.41) is 0. The lowest BCUT2D eigenvalue weighted by molar-refractivity contribution is 0.104. The topological polar surface area (TPSA) is 52.8 Å². The number of imidazole rings is 1. The van der Waals surface area contributed by atoms with Gasteiger partial charge in [0.2, 0.25) is 6.79 Å². The van der Waals surface area contributed by atoms with Crippen LogP contribution in [0, 0.1) is 0 Å². The largest absolute Gasteiger partial charge is 0.454 e. The average Bonchev–Trinajstić information content (AvgIpc) is 3.18. The van der Waals surface area contributed by atoms with Crippen molar-refractivity contribution in [1.82, 2.24) is 9.38 Å². The Morgan fingerprint density at radius 2 is 2.09 bits per heavy atom. The summed E-state index contributed by atoms with van der Waals surface area (Å²) in [7, 11) is 0. The number of carbonyl (C=O) groups is 1. The number of hydrogen-bond donors (Lipinski definition) is 0. The lowest BCUT2D eigenvalue weighted by Gasteiger charge is -2.00. The summed E-state index contributed by atoms with van der Waals surface area (Å²) in [4.78, 5) is 16.6. The number of carbonyl (C=O) groups excluding carboxylic acids is 1. The molecule has 4 rings (SSSR count). The van der Waals surface area contributed by atoms with E-state index in [0.717, 1.165) is 15.8 Å². The van der Waals surface area contributed by atoms with Crippen LogP contribution in [0.1, 0.15) is 16.1 Å². The molecule has 114 valence electrons. The highest BCUT2D eigenvalue weighted by molar-refractivity contribution is 9.10. The zero-order valence-electron chi connectivity index (χ0n) is 11.9. The van der Waals surface area contributed by atoms with Crippen LogP contribution in [0.4, 0.5) is 0 Å². The van der Waals surface area contributed by atoms with Crippen molar-refractivity contribution in [3.8, 4) is 11.5 Å². The Kier molecular flexibility index (Phi) is 3.38. The molecule has 1 aliphatic rings. The molecule has 1 aliphatic heterocycles. The van der Waals surface area contributed by atoms with Crippen LogP contribution < -0.4 is 9.47 Å². The third-order valence-corrected chi connectivity index (χ3v) is 4.03. The predicted octanol–water partition coefficient (Wildman–Crippen LogP) is 3.72. The minimum absolute atomic E-state index is 0.103. The molecule has 3 heterocycles. The van der Waals surface area contributed by atoms with Crippen LogP contribution in [0.25, 0.3) is 11.7 Å². The smallest absolute Gasteiger partial charge is 0.231 e. The molecule has 0 unspecified atom stereocenters. The van der Waals surface area contributed by atoms with Gasteiger partial charge in [0.25, 0.3) is 0 Å². The van der Waals surface area contributed by atoms with Gasteiger partial charge in [0.05, 0.1) is 11.9 Å². The Balaban J connectivity index is 1.62. The monoisotopic (exact) mass is 370 g/mol. The second kappa shape index (κ2) is 5.55. The summed E-state index contributed by atoms with van der Waals surface area (Å²) >= 11 is 3.43. The number of nitrogens with zero attached hydrogens (tertiary/aromatic N) is 2. The van der Waals surface area contributed by atoms with Crippen molar-refractivity contribution in [2.45, 2.75) is 0 Å². The zero-order chi connectivity index (χ0) is 15.8. The SMILES string of the molecule is O=C(C=Cc1cnc2ccc(Br)cn12)c1ccc2c(c1)OCO2. The Bertz CT molecular complexity index is 946. The molecular formula is C17H11BrN2O3. The Labute approximate surface area is 140 Å². The van der Waals surface area contributed by atoms with Gasteiger partial charge in [-0.15, -0.1) is 0 Å². The quantitative estimate of drug-likeness (QED) is 0.520. The summed E-state index contributed by atoms with van der Waals surface area (Å²) in [5.74, 6) is 1.16. The van der Waals surface area contributed by atoms with E-state index in [0.29, 0.717) is 17.1 Å². The maximum absolute atomic E-state index is 12.3. The molecule has 0 aliphatic carbocycles. The van der Waals surface area contributed by atoms with Crippen LogP contribution >= 0.6 is 15.9 Å². The third-order valence-electron chi connectivity index (χ3n) is 3.56. The van der Waals surface area contributed by atoms with E-state index >= 15 is 0 Å². The van der Waals surface area contributed by atoms with E-state index in [4.69, 9.17) is 9.47 Å². The van der Waals surface area contributed by atoms with Gasteiger partial charge in [0.15, 0.2) is 17.3 Å². The van der Waals surface area contributed by atoms with Crippen molar-refractivity contribution in [1.29, 1.82) is 0 Å². The molecule has 3 aromatic rings.